The first-order chi connectivity index (χ1) is 10.1. The van der Waals surface area contributed by atoms with E-state index in [-0.39, 0.29) is 5.91 Å². The van der Waals surface area contributed by atoms with Gasteiger partial charge in [-0.15, -0.1) is 10.2 Å². The second-order valence-electron chi connectivity index (χ2n) is 6.71. The summed E-state index contributed by atoms with van der Waals surface area (Å²) in [6.07, 6.45) is 6.49. The van der Waals surface area contributed by atoms with Gasteiger partial charge in [-0.1, -0.05) is 11.3 Å². The summed E-state index contributed by atoms with van der Waals surface area (Å²) in [6.45, 7) is 0.721. The monoisotopic (exact) mass is 305 g/mol. The first kappa shape index (κ1) is 13.3. The standard InChI is InChI=1S/C14H19N5OS/c1-19(6-10-2-5-21-7-10)12(20)14(11-15-17-18-16-11)8-13(9-14)3-4-13/h2H,3-9H2,1H3,(H,15,16,17,18). The first-order valence-corrected chi connectivity index (χ1v) is 8.54. The number of nitrogens with one attached hydrogen (secondary N) is 1. The third kappa shape index (κ3) is 2.09. The van der Waals surface area contributed by atoms with Gasteiger partial charge in [0.15, 0.2) is 5.82 Å². The predicted molar refractivity (Wildman–Crippen MR) is 79.8 cm³/mol. The van der Waals surface area contributed by atoms with Gasteiger partial charge in [-0.25, -0.2) is 0 Å². The first-order valence-electron chi connectivity index (χ1n) is 7.39. The molecule has 0 radical (unpaired) electrons. The van der Waals surface area contributed by atoms with Crippen molar-refractivity contribution in [1.29, 1.82) is 0 Å². The van der Waals surface area contributed by atoms with Gasteiger partial charge in [0.25, 0.3) is 0 Å². The third-order valence-electron chi connectivity index (χ3n) is 5.06. The van der Waals surface area contributed by atoms with Crippen LogP contribution in [0.15, 0.2) is 11.6 Å². The molecule has 1 spiro atoms. The molecule has 1 aliphatic heterocycles. The van der Waals surface area contributed by atoms with E-state index in [0.29, 0.717) is 11.2 Å². The zero-order valence-corrected chi connectivity index (χ0v) is 12.9. The molecule has 0 unspecified atom stereocenters. The molecule has 0 aromatic carbocycles. The van der Waals surface area contributed by atoms with Crippen LogP contribution >= 0.6 is 11.8 Å². The van der Waals surface area contributed by atoms with Crippen molar-refractivity contribution in [1.82, 2.24) is 25.5 Å². The number of carbonyl (C=O) groups is 1. The molecule has 0 atom stereocenters. The van der Waals surface area contributed by atoms with Gasteiger partial charge in [0.05, 0.1) is 0 Å². The fourth-order valence-electron chi connectivity index (χ4n) is 3.81. The summed E-state index contributed by atoms with van der Waals surface area (Å²) in [4.78, 5) is 14.9. The van der Waals surface area contributed by atoms with Crippen LogP contribution in [-0.2, 0) is 10.2 Å². The molecule has 1 aromatic rings. The Morgan fingerprint density at radius 1 is 1.48 bits per heavy atom. The van der Waals surface area contributed by atoms with Crippen molar-refractivity contribution < 1.29 is 4.79 Å². The molecular weight excluding hydrogens is 286 g/mol. The lowest BCUT2D eigenvalue weighted by Gasteiger charge is -2.46. The van der Waals surface area contributed by atoms with E-state index in [1.165, 1.54) is 18.4 Å². The molecule has 2 heterocycles. The Labute approximate surface area is 127 Å². The van der Waals surface area contributed by atoms with Crippen LogP contribution in [0.2, 0.25) is 0 Å². The summed E-state index contributed by atoms with van der Waals surface area (Å²) in [7, 11) is 1.89. The fraction of sp³-hybridized carbons (Fsp3) is 0.714. The SMILES string of the molecule is CN(CC1=CCSC1)C(=O)C1(c2nn[nH]n2)CC2(CC2)C1. The Morgan fingerprint density at radius 2 is 2.29 bits per heavy atom. The molecule has 7 heteroatoms. The third-order valence-corrected chi connectivity index (χ3v) is 6.03. The number of thioether (sulfide) groups is 1. The molecule has 0 bridgehead atoms. The molecule has 1 amide bonds. The second-order valence-corrected chi connectivity index (χ2v) is 7.74. The van der Waals surface area contributed by atoms with Crippen LogP contribution in [0.25, 0.3) is 0 Å². The Morgan fingerprint density at radius 3 is 2.86 bits per heavy atom. The van der Waals surface area contributed by atoms with Gasteiger partial charge in [0, 0.05) is 25.1 Å². The maximum Gasteiger partial charge on any atom is 0.236 e. The largest absolute Gasteiger partial charge is 0.341 e. The Balaban J connectivity index is 1.54. The van der Waals surface area contributed by atoms with Crippen molar-refractivity contribution in [2.45, 2.75) is 31.1 Å². The van der Waals surface area contributed by atoms with Gasteiger partial charge in [0.2, 0.25) is 5.91 Å². The smallest absolute Gasteiger partial charge is 0.236 e. The van der Waals surface area contributed by atoms with E-state index in [1.54, 1.807) is 0 Å². The average molecular weight is 305 g/mol. The van der Waals surface area contributed by atoms with Gasteiger partial charge >= 0.3 is 0 Å². The van der Waals surface area contributed by atoms with Crippen molar-refractivity contribution in [3.8, 4) is 0 Å². The second kappa shape index (κ2) is 4.56. The molecule has 3 aliphatic rings. The number of hydrogen-bond acceptors (Lipinski definition) is 5. The number of nitrogens with zero attached hydrogens (tertiary/aromatic N) is 4. The summed E-state index contributed by atoms with van der Waals surface area (Å²) < 4.78 is 0. The van der Waals surface area contributed by atoms with Crippen molar-refractivity contribution >= 4 is 17.7 Å². The number of rotatable bonds is 4. The summed E-state index contributed by atoms with van der Waals surface area (Å²) >= 11 is 1.90. The van der Waals surface area contributed by atoms with Gasteiger partial charge < -0.3 is 4.90 Å². The number of H-pyrrole nitrogens is 1. The van der Waals surface area contributed by atoms with Crippen LogP contribution < -0.4 is 0 Å². The average Bonchev–Trinajstić information content (AvgIpc) is 2.88. The van der Waals surface area contributed by atoms with E-state index in [0.717, 1.165) is 30.9 Å². The van der Waals surface area contributed by atoms with E-state index >= 15 is 0 Å². The molecule has 2 aliphatic carbocycles. The summed E-state index contributed by atoms with van der Waals surface area (Å²) in [5.74, 6) is 2.83. The van der Waals surface area contributed by atoms with Gasteiger partial charge in [-0.3, -0.25) is 4.79 Å². The molecule has 6 nitrogen and oxygen atoms in total. The van der Waals surface area contributed by atoms with Crippen molar-refractivity contribution in [2.24, 2.45) is 5.41 Å². The Kier molecular flexibility index (Phi) is 2.89. The lowest BCUT2D eigenvalue weighted by molar-refractivity contribution is -0.142. The molecule has 2 fully saturated rings. The van der Waals surface area contributed by atoms with Crippen LogP contribution in [0.3, 0.4) is 0 Å². The lowest BCUT2D eigenvalue weighted by Crippen LogP contribution is -2.55. The molecule has 1 aromatic heterocycles. The molecular formula is C14H19N5OS. The number of hydrogen-bond donors (Lipinski definition) is 1. The lowest BCUT2D eigenvalue weighted by atomic mass is 9.58. The van der Waals surface area contributed by atoms with Crippen molar-refractivity contribution in [2.75, 3.05) is 25.1 Å². The molecule has 112 valence electrons. The summed E-state index contributed by atoms with van der Waals surface area (Å²) in [5.41, 5.74) is 1.21. The quantitative estimate of drug-likeness (QED) is 0.844. The maximum atomic E-state index is 13.0. The minimum absolute atomic E-state index is 0.152. The molecule has 2 saturated carbocycles. The molecule has 4 rings (SSSR count). The highest BCUT2D eigenvalue weighted by molar-refractivity contribution is 7.99. The highest BCUT2D eigenvalue weighted by Gasteiger charge is 2.67. The normalized spacial score (nSPS) is 24.5. The van der Waals surface area contributed by atoms with Crippen LogP contribution in [0.5, 0.6) is 0 Å². The van der Waals surface area contributed by atoms with E-state index < -0.39 is 5.41 Å². The van der Waals surface area contributed by atoms with E-state index in [1.807, 2.05) is 23.7 Å². The zero-order valence-electron chi connectivity index (χ0n) is 12.1. The fourth-order valence-corrected chi connectivity index (χ4v) is 4.75. The number of aromatic nitrogens is 4. The number of carbonyl (C=O) groups excluding carboxylic acids is 1. The van der Waals surface area contributed by atoms with Gasteiger partial charge in [-0.2, -0.15) is 17.0 Å². The van der Waals surface area contributed by atoms with Crippen LogP contribution in [0.4, 0.5) is 0 Å². The minimum atomic E-state index is -0.537. The van der Waals surface area contributed by atoms with Crippen molar-refractivity contribution in [3.63, 3.8) is 0 Å². The maximum absolute atomic E-state index is 13.0. The highest BCUT2D eigenvalue weighted by atomic mass is 32.2. The number of tetrazole rings is 1. The summed E-state index contributed by atoms with van der Waals surface area (Å²) in [5, 5.41) is 14.4. The Hall–Kier alpha value is -1.37. The topological polar surface area (TPSA) is 74.8 Å². The molecule has 0 saturated heterocycles. The van der Waals surface area contributed by atoms with Gasteiger partial charge in [0.1, 0.15) is 5.41 Å². The number of aromatic amines is 1. The number of likely N-dealkylation sites (N-methyl/N-ethyl adjacent to an activating group) is 1. The van der Waals surface area contributed by atoms with E-state index in [9.17, 15) is 4.79 Å². The predicted octanol–water partition coefficient (Wildman–Crippen LogP) is 1.14. The van der Waals surface area contributed by atoms with Gasteiger partial charge in [-0.05, 0) is 36.7 Å². The Bertz CT molecular complexity index is 585. The molecule has 1 N–H and O–H groups in total. The van der Waals surface area contributed by atoms with Crippen LogP contribution in [0, 0.1) is 5.41 Å². The highest BCUT2D eigenvalue weighted by Crippen LogP contribution is 2.68. The van der Waals surface area contributed by atoms with E-state index in [2.05, 4.69) is 26.7 Å². The molecule has 21 heavy (non-hydrogen) atoms. The zero-order chi connectivity index (χ0) is 14.5. The van der Waals surface area contributed by atoms with Crippen molar-refractivity contribution in [3.05, 3.63) is 17.5 Å². The van der Waals surface area contributed by atoms with Crippen LogP contribution in [0.1, 0.15) is 31.5 Å². The number of amides is 1. The van der Waals surface area contributed by atoms with Crippen LogP contribution in [-0.4, -0.2) is 56.5 Å². The minimum Gasteiger partial charge on any atom is -0.341 e. The summed E-state index contributed by atoms with van der Waals surface area (Å²) in [6, 6.07) is 0. The van der Waals surface area contributed by atoms with E-state index in [4.69, 9.17) is 0 Å².